The number of aryl methyl sites for hydroxylation is 2. The summed E-state index contributed by atoms with van der Waals surface area (Å²) in [5.41, 5.74) is 1.82. The Balaban J connectivity index is 2.24. The van der Waals surface area contributed by atoms with Crippen molar-refractivity contribution in [1.82, 2.24) is 5.16 Å². The highest BCUT2D eigenvalue weighted by molar-refractivity contribution is 5.75. The predicted molar refractivity (Wildman–Crippen MR) is 44.5 cm³/mol. The second kappa shape index (κ2) is 2.58. The SMILES string of the molecule is Cc1noc(C)c1C1CC1C(=O)O. The standard InChI is InChI=1S/C9H11NO3/c1-4-8(5(2)13-10-4)6-3-7(6)9(11)12/h6-7H,3H2,1-2H3,(H,11,12). The van der Waals surface area contributed by atoms with Crippen LogP contribution in [-0.4, -0.2) is 16.2 Å². The van der Waals surface area contributed by atoms with Gasteiger partial charge in [-0.05, 0) is 20.3 Å². The Morgan fingerprint density at radius 1 is 1.62 bits per heavy atom. The Morgan fingerprint density at radius 2 is 2.31 bits per heavy atom. The molecule has 0 saturated heterocycles. The fourth-order valence-electron chi connectivity index (χ4n) is 1.81. The van der Waals surface area contributed by atoms with Gasteiger partial charge in [0.1, 0.15) is 5.76 Å². The zero-order valence-electron chi connectivity index (χ0n) is 7.57. The van der Waals surface area contributed by atoms with Crippen molar-refractivity contribution < 1.29 is 14.4 Å². The summed E-state index contributed by atoms with van der Waals surface area (Å²) in [6.07, 6.45) is 0.720. The first kappa shape index (κ1) is 8.29. The fourth-order valence-corrected chi connectivity index (χ4v) is 1.81. The van der Waals surface area contributed by atoms with E-state index in [1.165, 1.54) is 0 Å². The summed E-state index contributed by atoms with van der Waals surface area (Å²) in [5.74, 6) is -0.0585. The Hall–Kier alpha value is -1.32. The zero-order valence-corrected chi connectivity index (χ0v) is 7.57. The average molecular weight is 181 g/mol. The van der Waals surface area contributed by atoms with Gasteiger partial charge in [-0.15, -0.1) is 0 Å². The lowest BCUT2D eigenvalue weighted by molar-refractivity contribution is -0.138. The van der Waals surface area contributed by atoms with Crippen LogP contribution in [-0.2, 0) is 4.79 Å². The highest BCUT2D eigenvalue weighted by Crippen LogP contribution is 2.49. The van der Waals surface area contributed by atoms with Crippen molar-refractivity contribution in [3.8, 4) is 0 Å². The van der Waals surface area contributed by atoms with E-state index in [-0.39, 0.29) is 11.8 Å². The van der Waals surface area contributed by atoms with E-state index in [1.807, 2.05) is 13.8 Å². The van der Waals surface area contributed by atoms with Crippen molar-refractivity contribution in [1.29, 1.82) is 0 Å². The third-order valence-corrected chi connectivity index (χ3v) is 2.57. The largest absolute Gasteiger partial charge is 0.481 e. The summed E-state index contributed by atoms with van der Waals surface area (Å²) in [6.45, 7) is 3.68. The van der Waals surface area contributed by atoms with Gasteiger partial charge in [0.15, 0.2) is 0 Å². The van der Waals surface area contributed by atoms with E-state index in [1.54, 1.807) is 0 Å². The van der Waals surface area contributed by atoms with Crippen molar-refractivity contribution in [2.24, 2.45) is 5.92 Å². The molecule has 2 atom stereocenters. The van der Waals surface area contributed by atoms with E-state index in [2.05, 4.69) is 5.16 Å². The molecule has 0 radical (unpaired) electrons. The topological polar surface area (TPSA) is 63.3 Å². The van der Waals surface area contributed by atoms with Gasteiger partial charge >= 0.3 is 5.97 Å². The van der Waals surface area contributed by atoms with Gasteiger partial charge in [-0.1, -0.05) is 5.16 Å². The maximum absolute atomic E-state index is 10.6. The molecule has 70 valence electrons. The van der Waals surface area contributed by atoms with Crippen LogP contribution >= 0.6 is 0 Å². The molecule has 1 fully saturated rings. The third-order valence-electron chi connectivity index (χ3n) is 2.57. The fraction of sp³-hybridized carbons (Fsp3) is 0.556. The second-order valence-corrected chi connectivity index (χ2v) is 3.52. The van der Waals surface area contributed by atoms with Crippen LogP contribution in [0.25, 0.3) is 0 Å². The minimum atomic E-state index is -0.718. The van der Waals surface area contributed by atoms with Crippen LogP contribution in [0.15, 0.2) is 4.52 Å². The molecule has 1 heterocycles. The molecule has 1 N–H and O–H groups in total. The van der Waals surface area contributed by atoms with Crippen molar-refractivity contribution in [3.63, 3.8) is 0 Å². The van der Waals surface area contributed by atoms with Crippen LogP contribution in [0, 0.1) is 19.8 Å². The van der Waals surface area contributed by atoms with Gasteiger partial charge in [-0.2, -0.15) is 0 Å². The maximum Gasteiger partial charge on any atom is 0.307 e. The van der Waals surface area contributed by atoms with Crippen LogP contribution in [0.5, 0.6) is 0 Å². The Morgan fingerprint density at radius 3 is 2.69 bits per heavy atom. The summed E-state index contributed by atoms with van der Waals surface area (Å²) in [7, 11) is 0. The average Bonchev–Trinajstić information content (AvgIpc) is 2.76. The maximum atomic E-state index is 10.6. The number of rotatable bonds is 2. The number of hydrogen-bond donors (Lipinski definition) is 1. The van der Waals surface area contributed by atoms with Gasteiger partial charge in [0.2, 0.25) is 0 Å². The van der Waals surface area contributed by atoms with Crippen LogP contribution in [0.1, 0.15) is 29.4 Å². The zero-order chi connectivity index (χ0) is 9.59. The number of aliphatic carboxylic acids is 1. The van der Waals surface area contributed by atoms with Gasteiger partial charge in [-0.25, -0.2) is 0 Å². The van der Waals surface area contributed by atoms with Crippen molar-refractivity contribution >= 4 is 5.97 Å². The van der Waals surface area contributed by atoms with E-state index in [0.717, 1.165) is 23.4 Å². The molecule has 4 heteroatoms. The minimum Gasteiger partial charge on any atom is -0.481 e. The second-order valence-electron chi connectivity index (χ2n) is 3.52. The van der Waals surface area contributed by atoms with Gasteiger partial charge in [0, 0.05) is 11.5 Å². The third kappa shape index (κ3) is 1.22. The smallest absolute Gasteiger partial charge is 0.307 e. The number of nitrogens with zero attached hydrogens (tertiary/aromatic N) is 1. The number of carbonyl (C=O) groups is 1. The highest BCUT2D eigenvalue weighted by Gasteiger charge is 2.46. The first-order valence-electron chi connectivity index (χ1n) is 4.27. The molecule has 1 aromatic rings. The van der Waals surface area contributed by atoms with Crippen molar-refractivity contribution in [3.05, 3.63) is 17.0 Å². The molecule has 0 spiro atoms. The summed E-state index contributed by atoms with van der Waals surface area (Å²) in [6, 6.07) is 0. The minimum absolute atomic E-state index is 0.128. The lowest BCUT2D eigenvalue weighted by Gasteiger charge is -1.94. The van der Waals surface area contributed by atoms with E-state index < -0.39 is 5.97 Å². The van der Waals surface area contributed by atoms with Crippen molar-refractivity contribution in [2.75, 3.05) is 0 Å². The lowest BCUT2D eigenvalue weighted by Crippen LogP contribution is -1.99. The lowest BCUT2D eigenvalue weighted by atomic mass is 10.1. The predicted octanol–water partition coefficient (Wildman–Crippen LogP) is 1.48. The summed E-state index contributed by atoms with van der Waals surface area (Å²) in [5, 5.41) is 12.6. The Kier molecular flexibility index (Phi) is 1.65. The number of carboxylic acids is 1. The van der Waals surface area contributed by atoms with E-state index in [4.69, 9.17) is 9.63 Å². The number of hydrogen-bond acceptors (Lipinski definition) is 3. The first-order valence-corrected chi connectivity index (χ1v) is 4.27. The van der Waals surface area contributed by atoms with E-state index >= 15 is 0 Å². The molecule has 2 unspecified atom stereocenters. The summed E-state index contributed by atoms with van der Waals surface area (Å²) < 4.78 is 4.98. The van der Waals surface area contributed by atoms with Crippen LogP contribution in [0.4, 0.5) is 0 Å². The normalized spacial score (nSPS) is 26.0. The van der Waals surface area contributed by atoms with Crippen LogP contribution in [0.2, 0.25) is 0 Å². The molecule has 0 aliphatic heterocycles. The van der Waals surface area contributed by atoms with Gasteiger partial charge < -0.3 is 9.63 Å². The first-order chi connectivity index (χ1) is 6.11. The molecule has 4 nitrogen and oxygen atoms in total. The number of aromatic nitrogens is 1. The summed E-state index contributed by atoms with van der Waals surface area (Å²) in [4.78, 5) is 10.6. The molecular weight excluding hydrogens is 170 g/mol. The molecule has 13 heavy (non-hydrogen) atoms. The Labute approximate surface area is 75.5 Å². The molecule has 0 aromatic carbocycles. The van der Waals surface area contributed by atoms with Crippen LogP contribution in [0.3, 0.4) is 0 Å². The van der Waals surface area contributed by atoms with Gasteiger partial charge in [0.05, 0.1) is 11.6 Å². The van der Waals surface area contributed by atoms with Crippen LogP contribution < -0.4 is 0 Å². The van der Waals surface area contributed by atoms with Gasteiger partial charge in [0.25, 0.3) is 0 Å². The van der Waals surface area contributed by atoms with Crippen molar-refractivity contribution in [2.45, 2.75) is 26.2 Å². The Bertz CT molecular complexity index is 336. The molecule has 0 bridgehead atoms. The van der Waals surface area contributed by atoms with E-state index in [9.17, 15) is 4.79 Å². The molecule has 1 aliphatic carbocycles. The monoisotopic (exact) mass is 181 g/mol. The number of carboxylic acid groups (broad SMARTS) is 1. The summed E-state index contributed by atoms with van der Waals surface area (Å²) >= 11 is 0. The molecular formula is C9H11NO3. The molecule has 0 amide bonds. The quantitative estimate of drug-likeness (QED) is 0.750. The van der Waals surface area contributed by atoms with E-state index in [0.29, 0.717) is 0 Å². The molecule has 2 rings (SSSR count). The molecule has 1 aromatic heterocycles. The highest BCUT2D eigenvalue weighted by atomic mass is 16.5. The molecule has 1 aliphatic rings. The van der Waals surface area contributed by atoms with Gasteiger partial charge in [-0.3, -0.25) is 4.79 Å². The molecule has 1 saturated carbocycles.